The van der Waals surface area contributed by atoms with Crippen LogP contribution in [0, 0.1) is 12.7 Å². The van der Waals surface area contributed by atoms with Gasteiger partial charge in [0, 0.05) is 0 Å². The molecule has 2 aromatic carbocycles. The van der Waals surface area contributed by atoms with Crippen molar-refractivity contribution >= 4 is 15.9 Å². The maximum atomic E-state index is 13.4. The molecule has 2 rings (SSSR count). The van der Waals surface area contributed by atoms with E-state index in [2.05, 4.69) is 47.2 Å². The molecule has 0 saturated heterocycles. The largest absolute Gasteiger partial charge is 0.307 e. The third-order valence-electron chi connectivity index (χ3n) is 3.18. The second kappa shape index (κ2) is 6.31. The number of halogens is 2. The highest BCUT2D eigenvalue weighted by Crippen LogP contribution is 2.27. The van der Waals surface area contributed by atoms with E-state index < -0.39 is 0 Å². The average molecular weight is 322 g/mol. The average Bonchev–Trinajstić information content (AvgIpc) is 2.40. The molecule has 0 aliphatic carbocycles. The van der Waals surface area contributed by atoms with Gasteiger partial charge in [-0.1, -0.05) is 37.3 Å². The van der Waals surface area contributed by atoms with Crippen molar-refractivity contribution in [3.8, 4) is 0 Å². The Morgan fingerprint density at radius 1 is 1.21 bits per heavy atom. The normalized spacial score (nSPS) is 12.4. The first-order chi connectivity index (χ1) is 9.13. The second-order valence-corrected chi connectivity index (χ2v) is 5.38. The van der Waals surface area contributed by atoms with Crippen molar-refractivity contribution in [1.82, 2.24) is 5.32 Å². The minimum absolute atomic E-state index is 0.0862. The lowest BCUT2D eigenvalue weighted by molar-refractivity contribution is 0.607. The van der Waals surface area contributed by atoms with Crippen molar-refractivity contribution in [3.63, 3.8) is 0 Å². The molecule has 0 heterocycles. The van der Waals surface area contributed by atoms with Crippen LogP contribution in [0.3, 0.4) is 0 Å². The van der Waals surface area contributed by atoms with Crippen LogP contribution in [0.15, 0.2) is 46.9 Å². The van der Waals surface area contributed by atoms with Gasteiger partial charge in [0.25, 0.3) is 0 Å². The summed E-state index contributed by atoms with van der Waals surface area (Å²) in [6.07, 6.45) is 0. The fraction of sp³-hybridized carbons (Fsp3) is 0.250. The topological polar surface area (TPSA) is 12.0 Å². The Kier molecular flexibility index (Phi) is 4.72. The molecule has 0 aromatic heterocycles. The number of hydrogen-bond acceptors (Lipinski definition) is 1. The van der Waals surface area contributed by atoms with Gasteiger partial charge in [0.15, 0.2) is 0 Å². The summed E-state index contributed by atoms with van der Waals surface area (Å²) < 4.78 is 13.9. The fourth-order valence-corrected chi connectivity index (χ4v) is 2.61. The van der Waals surface area contributed by atoms with Crippen LogP contribution in [-0.4, -0.2) is 6.54 Å². The molecule has 0 amide bonds. The first-order valence-electron chi connectivity index (χ1n) is 6.37. The van der Waals surface area contributed by atoms with E-state index in [4.69, 9.17) is 0 Å². The SMILES string of the molecule is CCNC(c1ccc(F)c(Br)c1)c1ccccc1C. The van der Waals surface area contributed by atoms with Crippen LogP contribution >= 0.6 is 15.9 Å². The number of rotatable bonds is 4. The predicted molar refractivity (Wildman–Crippen MR) is 80.8 cm³/mol. The summed E-state index contributed by atoms with van der Waals surface area (Å²) in [5.74, 6) is -0.233. The third-order valence-corrected chi connectivity index (χ3v) is 3.79. The molecule has 1 N–H and O–H groups in total. The first-order valence-corrected chi connectivity index (χ1v) is 7.16. The lowest BCUT2D eigenvalue weighted by Gasteiger charge is -2.21. The maximum absolute atomic E-state index is 13.4. The van der Waals surface area contributed by atoms with Gasteiger partial charge in [-0.25, -0.2) is 4.39 Å². The van der Waals surface area contributed by atoms with Gasteiger partial charge in [-0.05, 0) is 58.2 Å². The molecule has 0 radical (unpaired) electrons. The van der Waals surface area contributed by atoms with Gasteiger partial charge in [0.05, 0.1) is 10.5 Å². The van der Waals surface area contributed by atoms with Gasteiger partial charge in [-0.15, -0.1) is 0 Å². The van der Waals surface area contributed by atoms with Gasteiger partial charge in [0.1, 0.15) is 5.82 Å². The zero-order valence-corrected chi connectivity index (χ0v) is 12.7. The third kappa shape index (κ3) is 3.23. The quantitative estimate of drug-likeness (QED) is 0.868. The number of hydrogen-bond donors (Lipinski definition) is 1. The monoisotopic (exact) mass is 321 g/mol. The van der Waals surface area contributed by atoms with Gasteiger partial charge < -0.3 is 5.32 Å². The van der Waals surface area contributed by atoms with Crippen LogP contribution in [0.4, 0.5) is 4.39 Å². The molecule has 2 aromatic rings. The molecule has 0 aliphatic heterocycles. The number of benzene rings is 2. The molecule has 0 fully saturated rings. The summed E-state index contributed by atoms with van der Waals surface area (Å²) in [6, 6.07) is 13.5. The minimum atomic E-state index is -0.233. The summed E-state index contributed by atoms with van der Waals surface area (Å²) >= 11 is 3.25. The lowest BCUT2D eigenvalue weighted by Crippen LogP contribution is -2.22. The van der Waals surface area contributed by atoms with E-state index >= 15 is 0 Å². The first kappa shape index (κ1) is 14.2. The van der Waals surface area contributed by atoms with Crippen LogP contribution in [0.2, 0.25) is 0 Å². The highest BCUT2D eigenvalue weighted by Gasteiger charge is 2.15. The summed E-state index contributed by atoms with van der Waals surface area (Å²) in [5.41, 5.74) is 3.51. The van der Waals surface area contributed by atoms with E-state index in [0.29, 0.717) is 4.47 Å². The Morgan fingerprint density at radius 2 is 1.95 bits per heavy atom. The molecule has 1 unspecified atom stereocenters. The molecular formula is C16H17BrFN. The van der Waals surface area contributed by atoms with Crippen LogP contribution in [0.5, 0.6) is 0 Å². The Balaban J connectivity index is 2.45. The maximum Gasteiger partial charge on any atom is 0.137 e. The Morgan fingerprint density at radius 3 is 2.58 bits per heavy atom. The van der Waals surface area contributed by atoms with E-state index in [0.717, 1.165) is 12.1 Å². The van der Waals surface area contributed by atoms with E-state index in [9.17, 15) is 4.39 Å². The van der Waals surface area contributed by atoms with Crippen molar-refractivity contribution in [1.29, 1.82) is 0 Å². The molecule has 0 aliphatic rings. The fourth-order valence-electron chi connectivity index (χ4n) is 2.21. The highest BCUT2D eigenvalue weighted by molar-refractivity contribution is 9.10. The van der Waals surface area contributed by atoms with Gasteiger partial charge in [-0.2, -0.15) is 0 Å². The van der Waals surface area contributed by atoms with Gasteiger partial charge in [0.2, 0.25) is 0 Å². The van der Waals surface area contributed by atoms with E-state index in [-0.39, 0.29) is 11.9 Å². The smallest absolute Gasteiger partial charge is 0.137 e. The molecule has 3 heteroatoms. The van der Waals surface area contributed by atoms with Crippen LogP contribution < -0.4 is 5.32 Å². The van der Waals surface area contributed by atoms with Crippen molar-refractivity contribution in [3.05, 3.63) is 69.4 Å². The molecule has 1 atom stereocenters. The summed E-state index contributed by atoms with van der Waals surface area (Å²) in [4.78, 5) is 0. The van der Waals surface area contributed by atoms with Gasteiger partial charge >= 0.3 is 0 Å². The molecule has 1 nitrogen and oxygen atoms in total. The molecule has 0 saturated carbocycles. The van der Waals surface area contributed by atoms with E-state index in [1.165, 1.54) is 17.2 Å². The van der Waals surface area contributed by atoms with Crippen LogP contribution in [-0.2, 0) is 0 Å². The summed E-state index contributed by atoms with van der Waals surface area (Å²) in [5, 5.41) is 3.46. The van der Waals surface area contributed by atoms with E-state index in [1.807, 2.05) is 24.3 Å². The van der Waals surface area contributed by atoms with E-state index in [1.54, 1.807) is 0 Å². The summed E-state index contributed by atoms with van der Waals surface area (Å²) in [6.45, 7) is 5.02. The minimum Gasteiger partial charge on any atom is -0.307 e. The number of nitrogens with one attached hydrogen (secondary N) is 1. The Bertz CT molecular complexity index is 568. The van der Waals surface area contributed by atoms with Crippen molar-refractivity contribution in [2.45, 2.75) is 19.9 Å². The van der Waals surface area contributed by atoms with Gasteiger partial charge in [-0.3, -0.25) is 0 Å². The zero-order chi connectivity index (χ0) is 13.8. The van der Waals surface area contributed by atoms with Crippen LogP contribution in [0.1, 0.15) is 29.7 Å². The molecule has 19 heavy (non-hydrogen) atoms. The van der Waals surface area contributed by atoms with Crippen molar-refractivity contribution < 1.29 is 4.39 Å². The number of aryl methyl sites for hydroxylation is 1. The molecule has 0 bridgehead atoms. The molecular weight excluding hydrogens is 305 g/mol. The van der Waals surface area contributed by atoms with Crippen LogP contribution in [0.25, 0.3) is 0 Å². The van der Waals surface area contributed by atoms with Crippen molar-refractivity contribution in [2.75, 3.05) is 6.54 Å². The predicted octanol–water partition coefficient (Wildman–Crippen LogP) is 4.60. The highest BCUT2D eigenvalue weighted by atomic mass is 79.9. The standard InChI is InChI=1S/C16H17BrFN/c1-3-19-16(13-7-5-4-6-11(13)2)12-8-9-15(18)14(17)10-12/h4-10,16,19H,3H2,1-2H3. The molecule has 100 valence electrons. The summed E-state index contributed by atoms with van der Waals surface area (Å²) in [7, 11) is 0. The zero-order valence-electron chi connectivity index (χ0n) is 11.1. The Hall–Kier alpha value is -1.19. The van der Waals surface area contributed by atoms with Crippen molar-refractivity contribution in [2.24, 2.45) is 0 Å². The lowest BCUT2D eigenvalue weighted by atomic mass is 9.95. The molecule has 0 spiro atoms. The Labute approximate surface area is 122 Å². The second-order valence-electron chi connectivity index (χ2n) is 4.52.